The topological polar surface area (TPSA) is 49.2 Å². The number of aliphatic imine (C=N–C) groups is 1. The van der Waals surface area contributed by atoms with Crippen LogP contribution in [0.4, 0.5) is 11.4 Å². The summed E-state index contributed by atoms with van der Waals surface area (Å²) >= 11 is 0. The van der Waals surface area contributed by atoms with E-state index in [2.05, 4.69) is 34.1 Å². The van der Waals surface area contributed by atoms with E-state index in [-0.39, 0.29) is 6.10 Å². The van der Waals surface area contributed by atoms with Gasteiger partial charge in [0, 0.05) is 38.8 Å². The summed E-state index contributed by atoms with van der Waals surface area (Å²) in [5.74, 6) is 0. The Bertz CT molecular complexity index is 785. The van der Waals surface area contributed by atoms with Gasteiger partial charge >= 0.3 is 0 Å². The van der Waals surface area contributed by atoms with Crippen molar-refractivity contribution in [1.82, 2.24) is 0 Å². The number of ether oxygens (including phenoxy) is 1. The Morgan fingerprint density at radius 1 is 1.33 bits per heavy atom. The molecule has 0 radical (unpaired) electrons. The molecule has 0 amide bonds. The van der Waals surface area contributed by atoms with Crippen molar-refractivity contribution in [3.8, 4) is 0 Å². The summed E-state index contributed by atoms with van der Waals surface area (Å²) in [5.41, 5.74) is 4.93. The maximum Gasteiger partial charge on any atom is 0.0791 e. The standard InChI is InChI=1S/C22H28N4O/c1-6-18(15-16-23-3)17(2)25-26(4)21-11-7-19(8-12-21)24-20-9-13-22(27-5)14-10-20/h6-13,15-16,22,24H,1,14H2,2-5H3/b18-15+,23-16?,25-17+. The highest BCUT2D eigenvalue weighted by atomic mass is 16.5. The van der Waals surface area contributed by atoms with E-state index in [4.69, 9.17) is 4.74 Å². The molecule has 2 rings (SSSR count). The molecule has 1 aliphatic carbocycles. The molecular weight excluding hydrogens is 336 g/mol. The fraction of sp³-hybridized carbons (Fsp3) is 0.273. The summed E-state index contributed by atoms with van der Waals surface area (Å²) in [6.07, 6.45) is 12.7. The first-order valence-electron chi connectivity index (χ1n) is 8.89. The van der Waals surface area contributed by atoms with Gasteiger partial charge in [-0.1, -0.05) is 24.8 Å². The Kier molecular flexibility index (Phi) is 7.77. The lowest BCUT2D eigenvalue weighted by molar-refractivity contribution is 0.142. The average Bonchev–Trinajstić information content (AvgIpc) is 2.69. The van der Waals surface area contributed by atoms with Gasteiger partial charge in [0.1, 0.15) is 0 Å². The van der Waals surface area contributed by atoms with Gasteiger partial charge in [0.05, 0.1) is 17.5 Å². The molecule has 5 nitrogen and oxygen atoms in total. The van der Waals surface area contributed by atoms with Crippen LogP contribution in [-0.4, -0.2) is 39.2 Å². The summed E-state index contributed by atoms with van der Waals surface area (Å²) in [6.45, 7) is 5.79. The lowest BCUT2D eigenvalue weighted by atomic mass is 10.1. The monoisotopic (exact) mass is 364 g/mol. The van der Waals surface area contributed by atoms with Crippen molar-refractivity contribution < 1.29 is 4.74 Å². The number of rotatable bonds is 8. The van der Waals surface area contributed by atoms with Gasteiger partial charge in [0.25, 0.3) is 0 Å². The van der Waals surface area contributed by atoms with Gasteiger partial charge in [0.15, 0.2) is 0 Å². The van der Waals surface area contributed by atoms with Crippen molar-refractivity contribution >= 4 is 23.3 Å². The third-order valence-electron chi connectivity index (χ3n) is 4.23. The van der Waals surface area contributed by atoms with Crippen LogP contribution in [0.5, 0.6) is 0 Å². The Hall–Kier alpha value is -2.92. The zero-order valence-corrected chi connectivity index (χ0v) is 16.5. The zero-order valence-electron chi connectivity index (χ0n) is 16.5. The number of nitrogens with one attached hydrogen (secondary N) is 1. The molecular formula is C22H28N4O. The summed E-state index contributed by atoms with van der Waals surface area (Å²) in [6, 6.07) is 8.16. The van der Waals surface area contributed by atoms with Gasteiger partial charge in [-0.25, -0.2) is 0 Å². The molecule has 1 atom stereocenters. The number of hydrogen-bond donors (Lipinski definition) is 1. The van der Waals surface area contributed by atoms with Crippen LogP contribution in [-0.2, 0) is 4.74 Å². The van der Waals surface area contributed by atoms with Gasteiger partial charge < -0.3 is 10.1 Å². The Balaban J connectivity index is 2.04. The van der Waals surface area contributed by atoms with E-state index in [1.54, 1.807) is 26.4 Å². The van der Waals surface area contributed by atoms with Gasteiger partial charge in [-0.15, -0.1) is 0 Å². The van der Waals surface area contributed by atoms with E-state index >= 15 is 0 Å². The highest BCUT2D eigenvalue weighted by Crippen LogP contribution is 2.21. The summed E-state index contributed by atoms with van der Waals surface area (Å²) in [5, 5.41) is 9.89. The van der Waals surface area contributed by atoms with Crippen LogP contribution in [0.25, 0.3) is 0 Å². The first kappa shape index (κ1) is 20.4. The number of anilines is 2. The quantitative estimate of drug-likeness (QED) is 0.417. The van der Waals surface area contributed by atoms with E-state index in [0.717, 1.165) is 34.8 Å². The van der Waals surface area contributed by atoms with Crippen molar-refractivity contribution in [2.75, 3.05) is 31.5 Å². The molecule has 1 unspecified atom stereocenters. The molecule has 0 saturated carbocycles. The molecule has 0 fully saturated rings. The lowest BCUT2D eigenvalue weighted by Crippen LogP contribution is -2.13. The minimum Gasteiger partial charge on any atom is -0.377 e. The van der Waals surface area contributed by atoms with Crippen LogP contribution < -0.4 is 10.3 Å². The second-order valence-electron chi connectivity index (χ2n) is 6.14. The molecule has 5 heteroatoms. The molecule has 27 heavy (non-hydrogen) atoms. The highest BCUT2D eigenvalue weighted by Gasteiger charge is 2.07. The van der Waals surface area contributed by atoms with E-state index in [9.17, 15) is 0 Å². The van der Waals surface area contributed by atoms with E-state index in [1.165, 1.54) is 0 Å². The maximum atomic E-state index is 5.32. The van der Waals surface area contributed by atoms with Crippen LogP contribution in [0.3, 0.4) is 0 Å². The largest absolute Gasteiger partial charge is 0.377 e. The number of nitrogens with zero attached hydrogens (tertiary/aromatic N) is 3. The smallest absolute Gasteiger partial charge is 0.0791 e. The molecule has 0 heterocycles. The first-order valence-corrected chi connectivity index (χ1v) is 8.89. The van der Waals surface area contributed by atoms with Crippen molar-refractivity contribution in [2.24, 2.45) is 10.1 Å². The maximum absolute atomic E-state index is 5.32. The SMILES string of the molecule is C=CC(=C\C=NC)/C(C)=N/N(C)c1ccc(NC2=CCC(OC)C=C2)cc1. The molecule has 0 saturated heterocycles. The van der Waals surface area contributed by atoms with E-state index in [1.807, 2.05) is 55.4 Å². The van der Waals surface area contributed by atoms with Crippen molar-refractivity contribution in [3.63, 3.8) is 0 Å². The van der Waals surface area contributed by atoms with Crippen molar-refractivity contribution in [3.05, 3.63) is 72.5 Å². The van der Waals surface area contributed by atoms with Gasteiger partial charge in [-0.3, -0.25) is 10.0 Å². The predicted octanol–water partition coefficient (Wildman–Crippen LogP) is 4.58. The molecule has 0 bridgehead atoms. The number of allylic oxidation sites excluding steroid dienone is 4. The van der Waals surface area contributed by atoms with E-state index in [0.29, 0.717) is 0 Å². The number of benzene rings is 1. The highest BCUT2D eigenvalue weighted by molar-refractivity contribution is 6.03. The molecule has 1 aromatic carbocycles. The molecule has 0 aromatic heterocycles. The zero-order chi connectivity index (χ0) is 19.6. The number of methoxy groups -OCH3 is 1. The van der Waals surface area contributed by atoms with Gasteiger partial charge in [0.2, 0.25) is 0 Å². The van der Waals surface area contributed by atoms with Crippen LogP contribution in [0, 0.1) is 0 Å². The van der Waals surface area contributed by atoms with Crippen molar-refractivity contribution in [2.45, 2.75) is 19.4 Å². The Morgan fingerprint density at radius 3 is 2.63 bits per heavy atom. The third kappa shape index (κ3) is 6.08. The molecule has 1 aromatic rings. The first-order chi connectivity index (χ1) is 13.1. The minimum absolute atomic E-state index is 0.172. The predicted molar refractivity (Wildman–Crippen MR) is 117 cm³/mol. The Labute approximate surface area is 162 Å². The minimum atomic E-state index is 0.172. The normalized spacial score (nSPS) is 17.8. The summed E-state index contributed by atoms with van der Waals surface area (Å²) < 4.78 is 5.32. The van der Waals surface area contributed by atoms with Crippen LogP contribution in [0.15, 0.2) is 82.6 Å². The molecule has 1 N–H and O–H groups in total. The summed E-state index contributed by atoms with van der Waals surface area (Å²) in [7, 11) is 5.39. The second kappa shape index (κ2) is 10.3. The fourth-order valence-electron chi connectivity index (χ4n) is 2.63. The Morgan fingerprint density at radius 2 is 2.07 bits per heavy atom. The van der Waals surface area contributed by atoms with Crippen molar-refractivity contribution in [1.29, 1.82) is 0 Å². The second-order valence-corrected chi connectivity index (χ2v) is 6.14. The molecule has 142 valence electrons. The van der Waals surface area contributed by atoms with Crippen LogP contribution in [0.1, 0.15) is 13.3 Å². The van der Waals surface area contributed by atoms with Crippen LogP contribution in [0.2, 0.25) is 0 Å². The molecule has 0 spiro atoms. The van der Waals surface area contributed by atoms with E-state index < -0.39 is 0 Å². The van der Waals surface area contributed by atoms with Gasteiger partial charge in [-0.05, 0) is 55.3 Å². The fourth-order valence-corrected chi connectivity index (χ4v) is 2.63. The third-order valence-corrected chi connectivity index (χ3v) is 4.23. The number of hydrazone groups is 1. The van der Waals surface area contributed by atoms with Gasteiger partial charge in [-0.2, -0.15) is 5.10 Å². The average molecular weight is 364 g/mol. The molecule has 0 aliphatic heterocycles. The lowest BCUT2D eigenvalue weighted by Gasteiger charge is -2.18. The van der Waals surface area contributed by atoms with Crippen LogP contribution >= 0.6 is 0 Å². The number of hydrogen-bond acceptors (Lipinski definition) is 5. The molecule has 1 aliphatic rings. The summed E-state index contributed by atoms with van der Waals surface area (Å²) in [4.78, 5) is 3.97.